The smallest absolute Gasteiger partial charge is 0.264 e. The predicted octanol–water partition coefficient (Wildman–Crippen LogP) is 6.19. The Morgan fingerprint density at radius 3 is 2.07 bits per heavy atom. The van der Waals surface area contributed by atoms with Gasteiger partial charge in [0, 0.05) is 24.1 Å². The fourth-order valence-electron chi connectivity index (χ4n) is 5.04. The van der Waals surface area contributed by atoms with E-state index in [1.165, 1.54) is 23.1 Å². The molecule has 0 heterocycles. The Balaban J connectivity index is 1.85. The normalized spacial score (nSPS) is 12.3. The number of amides is 2. The third-order valence-corrected chi connectivity index (χ3v) is 9.09. The van der Waals surface area contributed by atoms with Crippen LogP contribution < -0.4 is 9.62 Å². The highest BCUT2D eigenvalue weighted by molar-refractivity contribution is 7.92. The number of aryl methyl sites for hydroxylation is 2. The molecule has 0 saturated carbocycles. The van der Waals surface area contributed by atoms with Gasteiger partial charge in [-0.15, -0.1) is 0 Å². The summed E-state index contributed by atoms with van der Waals surface area (Å²) in [6.45, 7) is 8.28. The van der Waals surface area contributed by atoms with Crippen molar-refractivity contribution in [1.82, 2.24) is 10.2 Å². The molecule has 4 aromatic rings. The van der Waals surface area contributed by atoms with E-state index in [4.69, 9.17) is 0 Å². The third-order valence-electron chi connectivity index (χ3n) is 7.31. The number of anilines is 1. The Labute approximate surface area is 265 Å². The van der Waals surface area contributed by atoms with E-state index >= 15 is 4.39 Å². The van der Waals surface area contributed by atoms with Gasteiger partial charge >= 0.3 is 0 Å². The number of hydrogen-bond donors (Lipinski definition) is 1. The molecule has 236 valence electrons. The first-order valence-corrected chi connectivity index (χ1v) is 16.2. The molecule has 4 aromatic carbocycles. The highest BCUT2D eigenvalue weighted by atomic mass is 32.2. The van der Waals surface area contributed by atoms with E-state index in [9.17, 15) is 18.0 Å². The topological polar surface area (TPSA) is 86.8 Å². The number of halogens is 1. The van der Waals surface area contributed by atoms with Gasteiger partial charge < -0.3 is 10.2 Å². The third kappa shape index (κ3) is 8.57. The van der Waals surface area contributed by atoms with E-state index in [1.54, 1.807) is 55.5 Å². The van der Waals surface area contributed by atoms with Gasteiger partial charge in [-0.05, 0) is 75.6 Å². The molecule has 9 heteroatoms. The molecule has 0 radical (unpaired) electrons. The maximum absolute atomic E-state index is 15.1. The fraction of sp³-hybridized carbons (Fsp3) is 0.278. The van der Waals surface area contributed by atoms with Crippen LogP contribution in [-0.4, -0.2) is 43.3 Å². The van der Waals surface area contributed by atoms with E-state index in [0.29, 0.717) is 11.3 Å². The molecular formula is C36H40FN3O4S. The van der Waals surface area contributed by atoms with Crippen LogP contribution >= 0.6 is 0 Å². The summed E-state index contributed by atoms with van der Waals surface area (Å²) < 4.78 is 44.5. The lowest BCUT2D eigenvalue weighted by Gasteiger charge is -2.35. The van der Waals surface area contributed by atoms with Crippen LogP contribution in [0.25, 0.3) is 0 Å². The summed E-state index contributed by atoms with van der Waals surface area (Å²) >= 11 is 0. The lowest BCUT2D eigenvalue weighted by molar-refractivity contribution is -0.140. The van der Waals surface area contributed by atoms with Crippen molar-refractivity contribution in [3.05, 3.63) is 131 Å². The van der Waals surface area contributed by atoms with Crippen LogP contribution in [0, 0.1) is 19.7 Å². The number of nitrogens with zero attached hydrogens (tertiary/aromatic N) is 2. The van der Waals surface area contributed by atoms with Crippen molar-refractivity contribution in [2.75, 3.05) is 10.8 Å². The van der Waals surface area contributed by atoms with E-state index in [1.807, 2.05) is 64.1 Å². The van der Waals surface area contributed by atoms with E-state index in [2.05, 4.69) is 5.32 Å². The molecule has 2 amide bonds. The van der Waals surface area contributed by atoms with Gasteiger partial charge in [0.2, 0.25) is 11.8 Å². The zero-order valence-electron chi connectivity index (χ0n) is 26.3. The van der Waals surface area contributed by atoms with Gasteiger partial charge in [-0.25, -0.2) is 12.8 Å². The van der Waals surface area contributed by atoms with Gasteiger partial charge in [-0.3, -0.25) is 13.9 Å². The zero-order valence-corrected chi connectivity index (χ0v) is 27.1. The number of carbonyl (C=O) groups is 2. The zero-order chi connectivity index (χ0) is 32.8. The van der Waals surface area contributed by atoms with Crippen LogP contribution in [0.15, 0.2) is 108 Å². The molecule has 0 aliphatic rings. The molecule has 0 fully saturated rings. The molecule has 7 nitrogen and oxygen atoms in total. The number of sulfonamides is 1. The Bertz CT molecular complexity index is 1740. The molecule has 0 aromatic heterocycles. The molecule has 0 saturated heterocycles. The number of carbonyl (C=O) groups excluding carboxylic acids is 2. The highest BCUT2D eigenvalue weighted by Crippen LogP contribution is 2.29. The largest absolute Gasteiger partial charge is 0.350 e. The SMILES string of the molecule is Cc1ccc(C)c(N(CC(=O)N(Cc2ccccc2F)C(Cc2ccccc2)C(=O)NC(C)(C)C)S(=O)(=O)c2ccccc2)c1. The van der Waals surface area contributed by atoms with Gasteiger partial charge in [0.1, 0.15) is 18.4 Å². The number of hydrogen-bond acceptors (Lipinski definition) is 4. The molecule has 0 aliphatic heterocycles. The Morgan fingerprint density at radius 1 is 0.844 bits per heavy atom. The molecule has 4 rings (SSSR count). The Hall–Kier alpha value is -4.50. The van der Waals surface area contributed by atoms with E-state index in [0.717, 1.165) is 15.4 Å². The van der Waals surface area contributed by atoms with E-state index < -0.39 is 45.8 Å². The van der Waals surface area contributed by atoms with Crippen LogP contribution in [0.3, 0.4) is 0 Å². The summed E-state index contributed by atoms with van der Waals surface area (Å²) in [4.78, 5) is 29.8. The average molecular weight is 630 g/mol. The molecule has 0 aliphatic carbocycles. The second-order valence-corrected chi connectivity index (χ2v) is 14.0. The van der Waals surface area contributed by atoms with Gasteiger partial charge in [-0.2, -0.15) is 0 Å². The number of nitrogens with one attached hydrogen (secondary N) is 1. The maximum Gasteiger partial charge on any atom is 0.264 e. The Kier molecular flexibility index (Phi) is 10.4. The second kappa shape index (κ2) is 14.1. The summed E-state index contributed by atoms with van der Waals surface area (Å²) in [5.41, 5.74) is 2.18. The van der Waals surface area contributed by atoms with Crippen molar-refractivity contribution in [2.45, 2.75) is 64.1 Å². The van der Waals surface area contributed by atoms with Crippen molar-refractivity contribution in [3.8, 4) is 0 Å². The minimum absolute atomic E-state index is 0.0191. The summed E-state index contributed by atoms with van der Waals surface area (Å²) in [6.07, 6.45) is 0.137. The van der Waals surface area contributed by atoms with E-state index in [-0.39, 0.29) is 23.4 Å². The summed E-state index contributed by atoms with van der Waals surface area (Å²) in [5.74, 6) is -1.61. The lowest BCUT2D eigenvalue weighted by Crippen LogP contribution is -2.56. The minimum atomic E-state index is -4.23. The van der Waals surface area contributed by atoms with Crippen molar-refractivity contribution < 1.29 is 22.4 Å². The average Bonchev–Trinajstić information content (AvgIpc) is 2.99. The van der Waals surface area contributed by atoms with Gasteiger partial charge in [-0.1, -0.05) is 78.9 Å². The van der Waals surface area contributed by atoms with Crippen LogP contribution in [0.2, 0.25) is 0 Å². The molecule has 0 spiro atoms. The lowest BCUT2D eigenvalue weighted by atomic mass is 10.0. The first kappa shape index (κ1) is 33.4. The molecule has 45 heavy (non-hydrogen) atoms. The van der Waals surface area contributed by atoms with Crippen molar-refractivity contribution in [3.63, 3.8) is 0 Å². The summed E-state index contributed by atoms with van der Waals surface area (Å²) in [6, 6.07) is 27.5. The fourth-order valence-corrected chi connectivity index (χ4v) is 6.53. The first-order valence-electron chi connectivity index (χ1n) is 14.8. The van der Waals surface area contributed by atoms with Crippen molar-refractivity contribution >= 4 is 27.5 Å². The number of benzene rings is 4. The molecular weight excluding hydrogens is 589 g/mol. The highest BCUT2D eigenvalue weighted by Gasteiger charge is 2.36. The number of rotatable bonds is 11. The first-order chi connectivity index (χ1) is 21.3. The minimum Gasteiger partial charge on any atom is -0.350 e. The molecule has 1 unspecified atom stereocenters. The molecule has 0 bridgehead atoms. The quantitative estimate of drug-likeness (QED) is 0.214. The van der Waals surface area contributed by atoms with Crippen molar-refractivity contribution in [2.24, 2.45) is 0 Å². The monoisotopic (exact) mass is 629 g/mol. The van der Waals surface area contributed by atoms with Gasteiger partial charge in [0.05, 0.1) is 10.6 Å². The second-order valence-electron chi connectivity index (χ2n) is 12.2. The van der Waals surface area contributed by atoms with Gasteiger partial charge in [0.15, 0.2) is 0 Å². The van der Waals surface area contributed by atoms with Crippen molar-refractivity contribution in [1.29, 1.82) is 0 Å². The molecule has 1 N–H and O–H groups in total. The van der Waals surface area contributed by atoms with Gasteiger partial charge in [0.25, 0.3) is 10.0 Å². The maximum atomic E-state index is 15.1. The summed E-state index contributed by atoms with van der Waals surface area (Å²) in [7, 11) is -4.23. The van der Waals surface area contributed by atoms with Crippen LogP contribution in [0.4, 0.5) is 10.1 Å². The Morgan fingerprint density at radius 2 is 1.44 bits per heavy atom. The molecule has 1 atom stereocenters. The van der Waals surface area contributed by atoms with Crippen LogP contribution in [0.1, 0.15) is 43.0 Å². The van der Waals surface area contributed by atoms with Crippen LogP contribution in [-0.2, 0) is 32.6 Å². The standard InChI is InChI=1S/C36H40FN3O4S/c1-26-20-21-27(2)32(22-26)40(45(43,44)30-17-10-7-11-18-30)25-34(41)39(24-29-16-12-13-19-31(29)37)33(35(42)38-36(3,4)5)23-28-14-8-6-9-15-28/h6-22,33H,23-25H2,1-5H3,(H,38,42). The summed E-state index contributed by atoms with van der Waals surface area (Å²) in [5, 5.41) is 2.97. The van der Waals surface area contributed by atoms with Crippen LogP contribution in [0.5, 0.6) is 0 Å². The predicted molar refractivity (Wildman–Crippen MR) is 176 cm³/mol.